The highest BCUT2D eigenvalue weighted by molar-refractivity contribution is 9.11. The molecule has 0 aromatic carbocycles. The van der Waals surface area contributed by atoms with Gasteiger partial charge in [-0.15, -0.1) is 0 Å². The van der Waals surface area contributed by atoms with Crippen LogP contribution in [0.15, 0.2) is 34.4 Å². The molecule has 1 rings (SSSR count). The Balaban J connectivity index is 2.87. The maximum absolute atomic E-state index is 10.4. The number of hydrogen-bond donors (Lipinski definition) is 0. The minimum atomic E-state index is 0.716. The van der Waals surface area contributed by atoms with E-state index in [-0.39, 0.29) is 0 Å². The minimum Gasteiger partial charge on any atom is -0.298 e. The van der Waals surface area contributed by atoms with Crippen LogP contribution in [0.2, 0.25) is 0 Å². The molecule has 1 aliphatic rings. The zero-order chi connectivity index (χ0) is 8.10. The number of aldehydes is 1. The summed E-state index contributed by atoms with van der Waals surface area (Å²) in [7, 11) is 0. The fourth-order valence-electron chi connectivity index (χ4n) is 0.876. The smallest absolute Gasteiger partial charge is 0.150 e. The molecule has 0 saturated carbocycles. The summed E-state index contributed by atoms with van der Waals surface area (Å²) in [5.41, 5.74) is 0.716. The summed E-state index contributed by atoms with van der Waals surface area (Å²) in [5.74, 6) is 0. The summed E-state index contributed by atoms with van der Waals surface area (Å²) in [6.07, 6.45) is 10.6. The fourth-order valence-corrected chi connectivity index (χ4v) is 1.37. The van der Waals surface area contributed by atoms with Crippen molar-refractivity contribution >= 4 is 22.2 Å². The number of hydrogen-bond acceptors (Lipinski definition) is 1. The van der Waals surface area contributed by atoms with E-state index in [4.69, 9.17) is 0 Å². The third kappa shape index (κ3) is 2.85. The first-order valence-electron chi connectivity index (χ1n) is 3.52. The lowest BCUT2D eigenvalue weighted by atomic mass is 10.1. The average Bonchev–Trinajstić information content (AvgIpc) is 1.96. The van der Waals surface area contributed by atoms with Gasteiger partial charge in [0.25, 0.3) is 0 Å². The van der Waals surface area contributed by atoms with Gasteiger partial charge in [0.2, 0.25) is 0 Å². The molecule has 0 aromatic heterocycles. The Morgan fingerprint density at radius 2 is 2.27 bits per heavy atom. The Morgan fingerprint density at radius 3 is 3.00 bits per heavy atom. The summed E-state index contributed by atoms with van der Waals surface area (Å²) in [5, 5.41) is 0. The number of carbonyl (C=O) groups is 1. The van der Waals surface area contributed by atoms with Gasteiger partial charge >= 0.3 is 0 Å². The van der Waals surface area contributed by atoms with Crippen LogP contribution in [-0.4, -0.2) is 6.29 Å². The van der Waals surface area contributed by atoms with Gasteiger partial charge in [-0.25, -0.2) is 0 Å². The highest BCUT2D eigenvalue weighted by Crippen LogP contribution is 2.14. The Kier molecular flexibility index (Phi) is 3.30. The normalized spacial score (nSPS) is 30.3. The second kappa shape index (κ2) is 4.29. The van der Waals surface area contributed by atoms with Crippen LogP contribution < -0.4 is 0 Å². The minimum absolute atomic E-state index is 0.716. The molecule has 0 aromatic rings. The molecule has 0 N–H and O–H groups in total. The summed E-state index contributed by atoms with van der Waals surface area (Å²) in [6, 6.07) is 0. The van der Waals surface area contributed by atoms with E-state index in [9.17, 15) is 4.79 Å². The monoisotopic (exact) mass is 212 g/mol. The molecule has 0 amide bonds. The lowest BCUT2D eigenvalue weighted by Crippen LogP contribution is -1.82. The molecular weight excluding hydrogens is 204 g/mol. The first-order valence-corrected chi connectivity index (χ1v) is 4.31. The maximum atomic E-state index is 10.4. The van der Waals surface area contributed by atoms with Crippen molar-refractivity contribution in [1.82, 2.24) is 0 Å². The zero-order valence-corrected chi connectivity index (χ0v) is 7.67. The van der Waals surface area contributed by atoms with Crippen molar-refractivity contribution in [3.63, 3.8) is 0 Å². The van der Waals surface area contributed by atoms with E-state index in [0.717, 1.165) is 23.6 Å². The standard InChI is InChI=1S/C9H9BrO/c10-9-5-3-1-2-4-8(6-9)7-11/h2,4-7H,1,3H2/b4-2-,8-6+,9-5+. The highest BCUT2D eigenvalue weighted by atomic mass is 79.9. The van der Waals surface area contributed by atoms with Crippen molar-refractivity contribution in [2.45, 2.75) is 12.8 Å². The number of allylic oxidation sites excluding steroid dienone is 6. The quantitative estimate of drug-likeness (QED) is 0.612. The molecule has 0 atom stereocenters. The van der Waals surface area contributed by atoms with Crippen molar-refractivity contribution in [3.05, 3.63) is 34.4 Å². The Hall–Kier alpha value is -0.630. The van der Waals surface area contributed by atoms with Crippen LogP contribution >= 0.6 is 15.9 Å². The molecule has 0 spiro atoms. The van der Waals surface area contributed by atoms with Gasteiger partial charge in [-0.1, -0.05) is 34.2 Å². The molecule has 11 heavy (non-hydrogen) atoms. The van der Waals surface area contributed by atoms with Crippen molar-refractivity contribution < 1.29 is 4.79 Å². The molecule has 0 radical (unpaired) electrons. The van der Waals surface area contributed by atoms with Crippen molar-refractivity contribution in [2.75, 3.05) is 0 Å². The third-order valence-corrected chi connectivity index (χ3v) is 1.98. The van der Waals surface area contributed by atoms with E-state index >= 15 is 0 Å². The van der Waals surface area contributed by atoms with Crippen LogP contribution in [0.1, 0.15) is 12.8 Å². The molecule has 0 heterocycles. The van der Waals surface area contributed by atoms with E-state index in [1.165, 1.54) is 0 Å². The Bertz CT molecular complexity index is 236. The lowest BCUT2D eigenvalue weighted by Gasteiger charge is -1.96. The molecule has 2 heteroatoms. The van der Waals surface area contributed by atoms with Gasteiger partial charge in [-0.2, -0.15) is 0 Å². The Labute approximate surface area is 74.6 Å². The number of carbonyl (C=O) groups excluding carboxylic acids is 1. The van der Waals surface area contributed by atoms with Gasteiger partial charge in [0, 0.05) is 10.1 Å². The van der Waals surface area contributed by atoms with E-state index in [2.05, 4.69) is 22.0 Å². The average molecular weight is 213 g/mol. The zero-order valence-electron chi connectivity index (χ0n) is 6.09. The molecular formula is C9H9BrO. The van der Waals surface area contributed by atoms with Crippen LogP contribution in [0.4, 0.5) is 0 Å². The predicted octanol–water partition coefficient (Wildman–Crippen LogP) is 2.74. The molecule has 1 aliphatic carbocycles. The molecule has 0 aliphatic heterocycles. The van der Waals surface area contributed by atoms with Crippen molar-refractivity contribution in [1.29, 1.82) is 0 Å². The third-order valence-electron chi connectivity index (χ3n) is 1.42. The fraction of sp³-hybridized carbons (Fsp3) is 0.222. The topological polar surface area (TPSA) is 17.1 Å². The molecule has 58 valence electrons. The summed E-state index contributed by atoms with van der Waals surface area (Å²) in [6.45, 7) is 0. The van der Waals surface area contributed by atoms with Crippen molar-refractivity contribution in [3.8, 4) is 0 Å². The van der Waals surface area contributed by atoms with Crippen LogP contribution in [0, 0.1) is 0 Å². The second-order valence-electron chi connectivity index (χ2n) is 2.33. The van der Waals surface area contributed by atoms with Gasteiger partial charge in [-0.05, 0) is 18.9 Å². The van der Waals surface area contributed by atoms with Crippen LogP contribution in [0.25, 0.3) is 0 Å². The summed E-state index contributed by atoms with van der Waals surface area (Å²) >= 11 is 3.35. The van der Waals surface area contributed by atoms with E-state index in [1.54, 1.807) is 0 Å². The number of halogens is 1. The molecule has 0 bridgehead atoms. The van der Waals surface area contributed by atoms with Crippen LogP contribution in [-0.2, 0) is 4.79 Å². The highest BCUT2D eigenvalue weighted by Gasteiger charge is 1.94. The van der Waals surface area contributed by atoms with E-state index in [0.29, 0.717) is 5.57 Å². The van der Waals surface area contributed by atoms with Gasteiger partial charge < -0.3 is 0 Å². The van der Waals surface area contributed by atoms with Gasteiger partial charge in [-0.3, -0.25) is 4.79 Å². The molecule has 0 saturated heterocycles. The molecule has 0 fully saturated rings. The molecule has 1 nitrogen and oxygen atoms in total. The van der Waals surface area contributed by atoms with Gasteiger partial charge in [0.05, 0.1) is 0 Å². The predicted molar refractivity (Wildman–Crippen MR) is 49.5 cm³/mol. The summed E-state index contributed by atoms with van der Waals surface area (Å²) < 4.78 is 0.990. The van der Waals surface area contributed by atoms with Gasteiger partial charge in [0.1, 0.15) is 6.29 Å². The number of rotatable bonds is 1. The first-order chi connectivity index (χ1) is 5.33. The van der Waals surface area contributed by atoms with E-state index in [1.807, 2.05) is 18.2 Å². The van der Waals surface area contributed by atoms with Crippen LogP contribution in [0.5, 0.6) is 0 Å². The maximum Gasteiger partial charge on any atom is 0.150 e. The SMILES string of the molecule is O=CC1=C/C(Br)=C\CC/C=C\1. The Morgan fingerprint density at radius 1 is 1.45 bits per heavy atom. The first kappa shape index (κ1) is 8.47. The van der Waals surface area contributed by atoms with Crippen LogP contribution in [0.3, 0.4) is 0 Å². The summed E-state index contributed by atoms with van der Waals surface area (Å²) in [4.78, 5) is 10.4. The second-order valence-corrected chi connectivity index (χ2v) is 3.25. The molecule has 0 unspecified atom stereocenters. The van der Waals surface area contributed by atoms with Gasteiger partial charge in [0.15, 0.2) is 0 Å². The largest absolute Gasteiger partial charge is 0.298 e. The van der Waals surface area contributed by atoms with Crippen molar-refractivity contribution in [2.24, 2.45) is 0 Å². The van der Waals surface area contributed by atoms with E-state index < -0.39 is 0 Å². The lowest BCUT2D eigenvalue weighted by molar-refractivity contribution is -0.104.